The second-order valence-electron chi connectivity index (χ2n) is 10.9. The first-order valence-electron chi connectivity index (χ1n) is 12.2. The number of benzene rings is 2. The molecule has 0 spiro atoms. The second-order valence-corrected chi connectivity index (χ2v) is 10.9. The summed E-state index contributed by atoms with van der Waals surface area (Å²) in [4.78, 5) is 15.2. The molecule has 0 saturated carbocycles. The van der Waals surface area contributed by atoms with Gasteiger partial charge in [-0.05, 0) is 35.1 Å². The van der Waals surface area contributed by atoms with Gasteiger partial charge in [0.05, 0.1) is 19.8 Å². The van der Waals surface area contributed by atoms with Crippen LogP contribution >= 0.6 is 0 Å². The largest absolute Gasteiger partial charge is 0.378 e. The van der Waals surface area contributed by atoms with Crippen molar-refractivity contribution in [3.63, 3.8) is 0 Å². The highest BCUT2D eigenvalue weighted by Crippen LogP contribution is 2.37. The van der Waals surface area contributed by atoms with Crippen LogP contribution < -0.4 is 15.5 Å². The summed E-state index contributed by atoms with van der Waals surface area (Å²) in [7, 11) is 4.01. The zero-order valence-electron chi connectivity index (χ0n) is 22.0. The first kappa shape index (κ1) is 26.0. The summed E-state index contributed by atoms with van der Waals surface area (Å²) in [5.41, 5.74) is 5.04. The van der Waals surface area contributed by atoms with E-state index in [1.54, 1.807) is 0 Å². The Morgan fingerprint density at radius 1 is 0.941 bits per heavy atom. The molecular formula is C28H41N3O3. The average Bonchev–Trinajstić information content (AvgIpc) is 2.78. The van der Waals surface area contributed by atoms with Gasteiger partial charge in [-0.2, -0.15) is 0 Å². The van der Waals surface area contributed by atoms with Crippen molar-refractivity contribution in [1.29, 1.82) is 0 Å². The first-order chi connectivity index (χ1) is 15.9. The minimum atomic E-state index is -1.03. The second kappa shape index (κ2) is 10.4. The Balaban J connectivity index is 1.82. The third kappa shape index (κ3) is 5.91. The van der Waals surface area contributed by atoms with E-state index in [4.69, 9.17) is 9.47 Å². The minimum absolute atomic E-state index is 0.0856. The fourth-order valence-corrected chi connectivity index (χ4v) is 4.14. The summed E-state index contributed by atoms with van der Waals surface area (Å²) in [6.07, 6.45) is 0. The van der Waals surface area contributed by atoms with Gasteiger partial charge in [-0.25, -0.2) is 4.79 Å². The van der Waals surface area contributed by atoms with Crippen molar-refractivity contribution in [2.24, 2.45) is 5.41 Å². The molecule has 6 nitrogen and oxygen atoms in total. The lowest BCUT2D eigenvalue weighted by Crippen LogP contribution is -2.52. The highest BCUT2D eigenvalue weighted by Gasteiger charge is 2.42. The summed E-state index contributed by atoms with van der Waals surface area (Å²) >= 11 is 0. The van der Waals surface area contributed by atoms with E-state index < -0.39 is 5.79 Å². The fourth-order valence-electron chi connectivity index (χ4n) is 4.14. The van der Waals surface area contributed by atoms with E-state index >= 15 is 0 Å². The third-order valence-electron chi connectivity index (χ3n) is 6.31. The Bertz CT molecular complexity index is 945. The van der Waals surface area contributed by atoms with E-state index in [1.165, 1.54) is 0 Å². The normalized spacial score (nSPS) is 17.0. The molecule has 0 atom stereocenters. The van der Waals surface area contributed by atoms with Crippen LogP contribution in [0.1, 0.15) is 70.1 Å². The number of hydrogen-bond donors (Lipinski definition) is 2. The quantitative estimate of drug-likeness (QED) is 0.521. The Labute approximate surface area is 205 Å². The molecule has 0 bridgehead atoms. The van der Waals surface area contributed by atoms with Gasteiger partial charge in [-0.1, -0.05) is 71.9 Å². The van der Waals surface area contributed by atoms with E-state index in [1.807, 2.05) is 43.3 Å². The predicted octanol–water partition coefficient (Wildman–Crippen LogP) is 6.05. The van der Waals surface area contributed by atoms with Crippen LogP contribution in [-0.4, -0.2) is 39.9 Å². The van der Waals surface area contributed by atoms with Gasteiger partial charge < -0.3 is 25.0 Å². The zero-order chi connectivity index (χ0) is 25.1. The molecule has 2 aromatic rings. The lowest BCUT2D eigenvalue weighted by molar-refractivity contribution is -0.303. The molecule has 1 saturated heterocycles. The van der Waals surface area contributed by atoms with Crippen molar-refractivity contribution in [3.8, 4) is 0 Å². The average molecular weight is 468 g/mol. The SMILES string of the molecule is CC(C)c1cccc(C(C)C)c1NC(=O)NCC1(c2ccc(N(C)C)cc2)OCC(C)(C)CO1. The van der Waals surface area contributed by atoms with Crippen LogP contribution in [0.2, 0.25) is 0 Å². The molecule has 0 radical (unpaired) electrons. The van der Waals surface area contributed by atoms with Gasteiger partial charge in [0.2, 0.25) is 5.79 Å². The van der Waals surface area contributed by atoms with E-state index in [9.17, 15) is 4.79 Å². The summed E-state index contributed by atoms with van der Waals surface area (Å²) in [6.45, 7) is 14.1. The van der Waals surface area contributed by atoms with Crippen LogP contribution in [0.15, 0.2) is 42.5 Å². The van der Waals surface area contributed by atoms with Gasteiger partial charge in [0.25, 0.3) is 0 Å². The Morgan fingerprint density at radius 3 is 1.94 bits per heavy atom. The molecule has 1 aliphatic heterocycles. The van der Waals surface area contributed by atoms with Crippen molar-refractivity contribution in [2.45, 2.75) is 59.2 Å². The molecule has 2 aromatic carbocycles. The molecule has 1 fully saturated rings. The molecule has 1 heterocycles. The lowest BCUT2D eigenvalue weighted by atomic mass is 9.92. The third-order valence-corrected chi connectivity index (χ3v) is 6.31. The molecule has 1 aliphatic rings. The molecule has 2 N–H and O–H groups in total. The van der Waals surface area contributed by atoms with Gasteiger partial charge in [0.1, 0.15) is 0 Å². The topological polar surface area (TPSA) is 62.8 Å². The standard InChI is InChI=1S/C28H41N3O3/c1-19(2)23-10-9-11-24(20(3)4)25(23)30-26(32)29-16-28(33-17-27(5,6)18-34-28)21-12-14-22(15-13-21)31(7)8/h9-15,19-20H,16-18H2,1-8H3,(H2,29,30,32). The number of hydrogen-bond acceptors (Lipinski definition) is 4. The van der Waals surface area contributed by atoms with Gasteiger partial charge in [-0.3, -0.25) is 0 Å². The van der Waals surface area contributed by atoms with Gasteiger partial charge in [0.15, 0.2) is 0 Å². The maximum atomic E-state index is 13.1. The number of carbonyl (C=O) groups excluding carboxylic acids is 1. The van der Waals surface area contributed by atoms with Crippen molar-refractivity contribution in [3.05, 3.63) is 59.2 Å². The number of para-hydroxylation sites is 1. The van der Waals surface area contributed by atoms with Crippen molar-refractivity contribution < 1.29 is 14.3 Å². The van der Waals surface area contributed by atoms with Gasteiger partial charge in [0, 0.05) is 36.4 Å². The zero-order valence-corrected chi connectivity index (χ0v) is 22.0. The molecule has 34 heavy (non-hydrogen) atoms. The molecular weight excluding hydrogens is 426 g/mol. The summed E-state index contributed by atoms with van der Waals surface area (Å²) in [5.74, 6) is -0.443. The van der Waals surface area contributed by atoms with Gasteiger partial charge >= 0.3 is 6.03 Å². The van der Waals surface area contributed by atoms with Gasteiger partial charge in [-0.15, -0.1) is 0 Å². The van der Waals surface area contributed by atoms with Crippen molar-refractivity contribution in [1.82, 2.24) is 5.32 Å². The number of urea groups is 1. The molecule has 0 aromatic heterocycles. The van der Waals surface area contributed by atoms with Crippen LogP contribution in [0, 0.1) is 5.41 Å². The van der Waals surface area contributed by atoms with E-state index in [-0.39, 0.29) is 18.0 Å². The molecule has 3 rings (SSSR count). The summed E-state index contributed by atoms with van der Waals surface area (Å²) in [5, 5.41) is 6.15. The number of amides is 2. The van der Waals surface area contributed by atoms with Crippen LogP contribution in [-0.2, 0) is 15.3 Å². The highest BCUT2D eigenvalue weighted by molar-refractivity contribution is 5.91. The Hall–Kier alpha value is -2.57. The van der Waals surface area contributed by atoms with Crippen LogP contribution in [0.4, 0.5) is 16.2 Å². The fraction of sp³-hybridized carbons (Fsp3) is 0.536. The predicted molar refractivity (Wildman–Crippen MR) is 140 cm³/mol. The number of carbonyl (C=O) groups is 1. The molecule has 2 amide bonds. The first-order valence-corrected chi connectivity index (χ1v) is 12.2. The Kier molecular flexibility index (Phi) is 7.94. The Morgan fingerprint density at radius 2 is 1.47 bits per heavy atom. The number of nitrogens with one attached hydrogen (secondary N) is 2. The molecule has 0 unspecified atom stereocenters. The van der Waals surface area contributed by atoms with E-state index in [0.29, 0.717) is 25.0 Å². The van der Waals surface area contributed by atoms with Crippen molar-refractivity contribution >= 4 is 17.4 Å². The van der Waals surface area contributed by atoms with Crippen molar-refractivity contribution in [2.75, 3.05) is 44.1 Å². The molecule has 6 heteroatoms. The number of nitrogens with zero attached hydrogens (tertiary/aromatic N) is 1. The molecule has 186 valence electrons. The lowest BCUT2D eigenvalue weighted by Gasteiger charge is -2.43. The highest BCUT2D eigenvalue weighted by atomic mass is 16.7. The summed E-state index contributed by atoms with van der Waals surface area (Å²) in [6, 6.07) is 14.1. The monoisotopic (exact) mass is 467 g/mol. The van der Waals surface area contributed by atoms with E-state index in [2.05, 4.69) is 70.4 Å². The number of ether oxygens (including phenoxy) is 2. The summed E-state index contributed by atoms with van der Waals surface area (Å²) < 4.78 is 12.6. The number of rotatable bonds is 7. The molecule has 0 aliphatic carbocycles. The van der Waals surface area contributed by atoms with E-state index in [0.717, 1.165) is 28.1 Å². The maximum absolute atomic E-state index is 13.1. The van der Waals surface area contributed by atoms with Crippen LogP contribution in [0.3, 0.4) is 0 Å². The van der Waals surface area contributed by atoms with Crippen LogP contribution in [0.25, 0.3) is 0 Å². The maximum Gasteiger partial charge on any atom is 0.319 e. The smallest absolute Gasteiger partial charge is 0.319 e. The van der Waals surface area contributed by atoms with Crippen LogP contribution in [0.5, 0.6) is 0 Å². The minimum Gasteiger partial charge on any atom is -0.378 e. The number of anilines is 2.